The van der Waals surface area contributed by atoms with E-state index in [1.165, 1.54) is 23.9 Å². The Morgan fingerprint density at radius 3 is 2.69 bits per heavy atom. The highest BCUT2D eigenvalue weighted by Crippen LogP contribution is 2.18. The van der Waals surface area contributed by atoms with E-state index in [2.05, 4.69) is 10.4 Å². The molecule has 1 aromatic heterocycles. The molecular formula is C18H16N4O3S. The SMILES string of the molecule is O=C(CSCc1ccc(-n2cccn2)cc1)Nc1cccc([N+](=O)[O-])c1. The summed E-state index contributed by atoms with van der Waals surface area (Å²) in [4.78, 5) is 22.2. The topological polar surface area (TPSA) is 90.1 Å². The Kier molecular flexibility index (Phi) is 5.65. The number of rotatable bonds is 7. The van der Waals surface area contributed by atoms with Crippen LogP contribution in [-0.4, -0.2) is 26.4 Å². The number of hydrogen-bond donors (Lipinski definition) is 1. The van der Waals surface area contributed by atoms with Crippen LogP contribution in [0.15, 0.2) is 67.0 Å². The van der Waals surface area contributed by atoms with Crippen molar-refractivity contribution >= 4 is 29.0 Å². The molecule has 0 unspecified atom stereocenters. The predicted molar refractivity (Wildman–Crippen MR) is 101 cm³/mol. The molecule has 132 valence electrons. The number of nitro benzene ring substituents is 1. The van der Waals surface area contributed by atoms with E-state index in [1.807, 2.05) is 36.5 Å². The van der Waals surface area contributed by atoms with Crippen LogP contribution in [-0.2, 0) is 10.5 Å². The molecule has 0 saturated carbocycles. The van der Waals surface area contributed by atoms with E-state index in [-0.39, 0.29) is 17.3 Å². The third-order valence-electron chi connectivity index (χ3n) is 3.55. The second kappa shape index (κ2) is 8.30. The van der Waals surface area contributed by atoms with Crippen LogP contribution in [0, 0.1) is 10.1 Å². The molecule has 1 amide bonds. The summed E-state index contributed by atoms with van der Waals surface area (Å²) in [5.74, 6) is 0.773. The van der Waals surface area contributed by atoms with Crippen molar-refractivity contribution in [1.82, 2.24) is 9.78 Å². The Labute approximate surface area is 154 Å². The van der Waals surface area contributed by atoms with Gasteiger partial charge in [-0.25, -0.2) is 4.68 Å². The number of benzene rings is 2. The number of thioether (sulfide) groups is 1. The Morgan fingerprint density at radius 1 is 1.19 bits per heavy atom. The summed E-state index contributed by atoms with van der Waals surface area (Å²) in [5, 5.41) is 17.6. The predicted octanol–water partition coefficient (Wildman–Crippen LogP) is 3.65. The lowest BCUT2D eigenvalue weighted by atomic mass is 10.2. The van der Waals surface area contributed by atoms with Gasteiger partial charge in [-0.2, -0.15) is 5.10 Å². The van der Waals surface area contributed by atoms with Gasteiger partial charge in [-0.15, -0.1) is 11.8 Å². The van der Waals surface area contributed by atoms with Crippen molar-refractivity contribution in [2.45, 2.75) is 5.75 Å². The molecule has 0 bridgehead atoms. The van der Waals surface area contributed by atoms with Crippen molar-refractivity contribution in [3.8, 4) is 5.69 Å². The molecule has 0 aliphatic carbocycles. The lowest BCUT2D eigenvalue weighted by Crippen LogP contribution is -2.14. The standard InChI is InChI=1S/C18H16N4O3S/c23-18(20-15-3-1-4-17(11-15)22(24)25)13-26-12-14-5-7-16(8-6-14)21-10-2-9-19-21/h1-11H,12-13H2,(H,20,23). The second-order valence-corrected chi connectivity index (χ2v) is 6.45. The maximum absolute atomic E-state index is 12.0. The van der Waals surface area contributed by atoms with E-state index in [4.69, 9.17) is 0 Å². The van der Waals surface area contributed by atoms with Crippen LogP contribution in [0.4, 0.5) is 11.4 Å². The lowest BCUT2D eigenvalue weighted by molar-refractivity contribution is -0.384. The Bertz CT molecular complexity index is 895. The van der Waals surface area contributed by atoms with Crippen LogP contribution >= 0.6 is 11.8 Å². The Balaban J connectivity index is 1.48. The molecule has 26 heavy (non-hydrogen) atoms. The number of anilines is 1. The first-order valence-electron chi connectivity index (χ1n) is 7.83. The summed E-state index contributed by atoms with van der Waals surface area (Å²) in [6.07, 6.45) is 3.60. The molecule has 1 heterocycles. The lowest BCUT2D eigenvalue weighted by Gasteiger charge is -2.06. The van der Waals surface area contributed by atoms with Gasteiger partial charge >= 0.3 is 0 Å². The number of nitrogens with zero attached hydrogens (tertiary/aromatic N) is 3. The van der Waals surface area contributed by atoms with Crippen LogP contribution in [0.25, 0.3) is 5.69 Å². The minimum absolute atomic E-state index is 0.0484. The molecule has 3 rings (SSSR count). The van der Waals surface area contributed by atoms with Gasteiger partial charge in [0.05, 0.1) is 16.4 Å². The van der Waals surface area contributed by atoms with Crippen molar-refractivity contribution in [3.63, 3.8) is 0 Å². The number of carbonyl (C=O) groups excluding carboxylic acids is 1. The quantitative estimate of drug-likeness (QED) is 0.508. The van der Waals surface area contributed by atoms with Gasteiger partial charge in [0.2, 0.25) is 5.91 Å². The zero-order chi connectivity index (χ0) is 18.4. The van der Waals surface area contributed by atoms with E-state index in [0.29, 0.717) is 11.4 Å². The zero-order valence-electron chi connectivity index (χ0n) is 13.7. The number of carbonyl (C=O) groups is 1. The van der Waals surface area contributed by atoms with Crippen molar-refractivity contribution in [1.29, 1.82) is 0 Å². The first kappa shape index (κ1) is 17.7. The average molecular weight is 368 g/mol. The second-order valence-electron chi connectivity index (χ2n) is 5.47. The Morgan fingerprint density at radius 2 is 2.00 bits per heavy atom. The van der Waals surface area contributed by atoms with Crippen molar-refractivity contribution in [2.75, 3.05) is 11.1 Å². The molecule has 1 N–H and O–H groups in total. The minimum atomic E-state index is -0.489. The fourth-order valence-electron chi connectivity index (χ4n) is 2.32. The highest BCUT2D eigenvalue weighted by atomic mass is 32.2. The number of nitrogens with one attached hydrogen (secondary N) is 1. The first-order valence-corrected chi connectivity index (χ1v) is 8.98. The average Bonchev–Trinajstić information content (AvgIpc) is 3.17. The van der Waals surface area contributed by atoms with Crippen molar-refractivity contribution < 1.29 is 9.72 Å². The van der Waals surface area contributed by atoms with Gasteiger partial charge in [-0.05, 0) is 29.8 Å². The van der Waals surface area contributed by atoms with E-state index < -0.39 is 4.92 Å². The molecule has 7 nitrogen and oxygen atoms in total. The van der Waals surface area contributed by atoms with E-state index >= 15 is 0 Å². The van der Waals surface area contributed by atoms with Gasteiger partial charge < -0.3 is 5.32 Å². The Hall–Kier alpha value is -3.13. The molecule has 8 heteroatoms. The van der Waals surface area contributed by atoms with Gasteiger partial charge in [0, 0.05) is 36.0 Å². The summed E-state index contributed by atoms with van der Waals surface area (Å²) < 4.78 is 1.78. The maximum Gasteiger partial charge on any atom is 0.271 e. The molecule has 2 aromatic carbocycles. The van der Waals surface area contributed by atoms with Crippen LogP contribution in [0.3, 0.4) is 0 Å². The van der Waals surface area contributed by atoms with Gasteiger partial charge in [-0.3, -0.25) is 14.9 Å². The smallest absolute Gasteiger partial charge is 0.271 e. The highest BCUT2D eigenvalue weighted by molar-refractivity contribution is 7.99. The van der Waals surface area contributed by atoms with Gasteiger partial charge in [0.1, 0.15) is 0 Å². The van der Waals surface area contributed by atoms with E-state index in [1.54, 1.807) is 23.0 Å². The van der Waals surface area contributed by atoms with Crippen LogP contribution in [0.2, 0.25) is 0 Å². The fourth-order valence-corrected chi connectivity index (χ4v) is 3.11. The number of nitro groups is 1. The van der Waals surface area contributed by atoms with E-state index in [9.17, 15) is 14.9 Å². The van der Waals surface area contributed by atoms with Crippen molar-refractivity contribution in [2.24, 2.45) is 0 Å². The molecule has 0 radical (unpaired) electrons. The highest BCUT2D eigenvalue weighted by Gasteiger charge is 2.08. The summed E-state index contributed by atoms with van der Waals surface area (Å²) in [5.41, 5.74) is 2.46. The number of aromatic nitrogens is 2. The summed E-state index contributed by atoms with van der Waals surface area (Å²) in [6, 6.07) is 15.7. The largest absolute Gasteiger partial charge is 0.325 e. The van der Waals surface area contributed by atoms with Crippen LogP contribution in [0.5, 0.6) is 0 Å². The molecule has 0 spiro atoms. The third kappa shape index (κ3) is 4.70. The van der Waals surface area contributed by atoms with Crippen molar-refractivity contribution in [3.05, 3.63) is 82.7 Å². The third-order valence-corrected chi connectivity index (χ3v) is 4.55. The molecule has 0 atom stereocenters. The molecule has 0 fully saturated rings. The molecule has 3 aromatic rings. The monoisotopic (exact) mass is 368 g/mol. The fraction of sp³-hybridized carbons (Fsp3) is 0.111. The van der Waals surface area contributed by atoms with Crippen LogP contribution < -0.4 is 5.32 Å². The summed E-state index contributed by atoms with van der Waals surface area (Å²) in [6.45, 7) is 0. The maximum atomic E-state index is 12.0. The molecule has 0 saturated heterocycles. The van der Waals surface area contributed by atoms with E-state index in [0.717, 1.165) is 11.3 Å². The number of non-ortho nitro benzene ring substituents is 1. The van der Waals surface area contributed by atoms with Gasteiger partial charge in [-0.1, -0.05) is 18.2 Å². The summed E-state index contributed by atoms with van der Waals surface area (Å²) in [7, 11) is 0. The first-order chi connectivity index (χ1) is 12.6. The molecular weight excluding hydrogens is 352 g/mol. The normalized spacial score (nSPS) is 10.5. The number of amides is 1. The number of hydrogen-bond acceptors (Lipinski definition) is 5. The van der Waals surface area contributed by atoms with Gasteiger partial charge in [0.15, 0.2) is 0 Å². The minimum Gasteiger partial charge on any atom is -0.325 e. The van der Waals surface area contributed by atoms with Gasteiger partial charge in [0.25, 0.3) is 5.69 Å². The van der Waals surface area contributed by atoms with Crippen LogP contribution in [0.1, 0.15) is 5.56 Å². The zero-order valence-corrected chi connectivity index (χ0v) is 14.6. The summed E-state index contributed by atoms with van der Waals surface area (Å²) >= 11 is 1.48. The molecule has 0 aliphatic rings. The molecule has 0 aliphatic heterocycles.